The van der Waals surface area contributed by atoms with Gasteiger partial charge in [0.05, 0.1) is 10.0 Å². The average Bonchev–Trinajstić information content (AvgIpc) is 2.94. The van der Waals surface area contributed by atoms with Gasteiger partial charge in [-0.1, -0.05) is 117 Å². The second-order valence-corrected chi connectivity index (χ2v) is 11.5. The molecule has 0 aromatic heterocycles. The van der Waals surface area contributed by atoms with Crippen molar-refractivity contribution in [3.05, 3.63) is 67.7 Å². The maximum absolute atomic E-state index is 6.64. The third-order valence-electron chi connectivity index (χ3n) is 4.70. The smallest absolute Gasteiger partial charge is 0.0824 e. The molecule has 1 atom stereocenters. The summed E-state index contributed by atoms with van der Waals surface area (Å²) in [6.07, 6.45) is 1.68. The lowest BCUT2D eigenvalue weighted by molar-refractivity contribution is 0.774. The predicted molar refractivity (Wildman–Crippen MR) is 116 cm³/mol. The van der Waals surface area contributed by atoms with E-state index in [0.29, 0.717) is 21.2 Å². The van der Waals surface area contributed by atoms with Crippen LogP contribution in [0.4, 0.5) is 0 Å². The van der Waals surface area contributed by atoms with Gasteiger partial charge in [-0.05, 0) is 42.0 Å². The van der Waals surface area contributed by atoms with E-state index in [0.717, 1.165) is 18.4 Å². The molecule has 1 unspecified atom stereocenters. The summed E-state index contributed by atoms with van der Waals surface area (Å²) in [6.45, 7) is 1.69. The predicted octanol–water partition coefficient (Wildman–Crippen LogP) is 9.03. The van der Waals surface area contributed by atoms with Crippen LogP contribution in [-0.4, -0.2) is 0 Å². The van der Waals surface area contributed by atoms with Gasteiger partial charge in [0.1, 0.15) is 0 Å². The van der Waals surface area contributed by atoms with Crippen LogP contribution < -0.4 is 0 Å². The van der Waals surface area contributed by atoms with Gasteiger partial charge in [0.25, 0.3) is 0 Å². The maximum Gasteiger partial charge on any atom is 0.216 e. The SMILES string of the molecule is Cc1c(Cl)c(Cl)c(C2CCc3ccccc32)c(C(Cl)(Cl)Cl)c1C(Cl)(Cl)Cl. The van der Waals surface area contributed by atoms with Crippen molar-refractivity contribution < 1.29 is 0 Å². The maximum atomic E-state index is 6.64. The lowest BCUT2D eigenvalue weighted by Crippen LogP contribution is -2.19. The first-order valence-corrected chi connectivity index (χ1v) is 10.7. The molecule has 1 aliphatic rings. The zero-order valence-electron chi connectivity index (χ0n) is 13.3. The molecule has 26 heavy (non-hydrogen) atoms. The van der Waals surface area contributed by atoms with E-state index < -0.39 is 7.59 Å². The Morgan fingerprint density at radius 2 is 1.42 bits per heavy atom. The Morgan fingerprint density at radius 1 is 0.846 bits per heavy atom. The van der Waals surface area contributed by atoms with Crippen molar-refractivity contribution in [2.24, 2.45) is 0 Å². The highest BCUT2D eigenvalue weighted by atomic mass is 35.6. The molecule has 0 N–H and O–H groups in total. The molecule has 0 nitrogen and oxygen atoms in total. The fourth-order valence-electron chi connectivity index (χ4n) is 3.66. The molecule has 0 saturated carbocycles. The quantitative estimate of drug-likeness (QED) is 0.335. The highest BCUT2D eigenvalue weighted by molar-refractivity contribution is 6.69. The molecule has 140 valence electrons. The lowest BCUT2D eigenvalue weighted by Gasteiger charge is -2.30. The fraction of sp³-hybridized carbons (Fsp3) is 0.333. The molecule has 1 aliphatic carbocycles. The summed E-state index contributed by atoms with van der Waals surface area (Å²) in [4.78, 5) is 0. The largest absolute Gasteiger partial charge is 0.216 e. The van der Waals surface area contributed by atoms with Gasteiger partial charge in [-0.2, -0.15) is 0 Å². The molecule has 2 aromatic rings. The zero-order chi connectivity index (χ0) is 19.4. The molecule has 8 heteroatoms. The summed E-state index contributed by atoms with van der Waals surface area (Å²) in [5.74, 6) is -0.103. The van der Waals surface area contributed by atoms with Gasteiger partial charge in [-0.25, -0.2) is 0 Å². The van der Waals surface area contributed by atoms with Gasteiger partial charge in [0.15, 0.2) is 0 Å². The minimum Gasteiger partial charge on any atom is -0.0824 e. The third-order valence-corrected chi connectivity index (χ3v) is 6.80. The number of hydrogen-bond acceptors (Lipinski definition) is 0. The molecule has 3 rings (SSSR count). The van der Waals surface area contributed by atoms with E-state index in [9.17, 15) is 0 Å². The zero-order valence-corrected chi connectivity index (χ0v) is 19.4. The number of halogens is 8. The van der Waals surface area contributed by atoms with E-state index in [4.69, 9.17) is 92.8 Å². The lowest BCUT2D eigenvalue weighted by atomic mass is 9.86. The van der Waals surface area contributed by atoms with Crippen LogP contribution in [0.25, 0.3) is 0 Å². The van der Waals surface area contributed by atoms with Crippen LogP contribution in [0.1, 0.15) is 45.7 Å². The van der Waals surface area contributed by atoms with Crippen molar-refractivity contribution >= 4 is 92.8 Å². The normalized spacial score (nSPS) is 17.5. The number of aryl methyl sites for hydroxylation is 1. The van der Waals surface area contributed by atoms with Gasteiger partial charge >= 0.3 is 0 Å². The minimum absolute atomic E-state index is 0.103. The van der Waals surface area contributed by atoms with Gasteiger partial charge in [-0.15, -0.1) is 0 Å². The van der Waals surface area contributed by atoms with Crippen LogP contribution in [-0.2, 0) is 14.0 Å². The van der Waals surface area contributed by atoms with E-state index >= 15 is 0 Å². The Kier molecular flexibility index (Phi) is 6.23. The Bertz CT molecular complexity index is 861. The van der Waals surface area contributed by atoms with Gasteiger partial charge in [-0.3, -0.25) is 0 Å². The van der Waals surface area contributed by atoms with Gasteiger partial charge in [0.2, 0.25) is 7.59 Å². The van der Waals surface area contributed by atoms with Crippen LogP contribution in [0.3, 0.4) is 0 Å². The van der Waals surface area contributed by atoms with Crippen LogP contribution in [0.2, 0.25) is 10.0 Å². The highest BCUT2D eigenvalue weighted by Crippen LogP contribution is 2.57. The van der Waals surface area contributed by atoms with Gasteiger partial charge < -0.3 is 0 Å². The molecule has 0 radical (unpaired) electrons. The number of hydrogen-bond donors (Lipinski definition) is 0. The molecule has 0 heterocycles. The molecule has 0 bridgehead atoms. The molecule has 0 amide bonds. The van der Waals surface area contributed by atoms with E-state index in [-0.39, 0.29) is 17.0 Å². The monoisotopic (exact) mass is 508 g/mol. The Balaban J connectivity index is 2.41. The van der Waals surface area contributed by atoms with Crippen LogP contribution in [0.5, 0.6) is 0 Å². The molecular formula is C18H12Cl8. The average molecular weight is 512 g/mol. The second-order valence-electron chi connectivity index (χ2n) is 6.20. The van der Waals surface area contributed by atoms with E-state index in [1.165, 1.54) is 5.56 Å². The van der Waals surface area contributed by atoms with Crippen LogP contribution in [0, 0.1) is 6.92 Å². The second kappa shape index (κ2) is 7.54. The summed E-state index contributed by atoms with van der Waals surface area (Å²) in [5.41, 5.74) is 3.96. The molecular weight excluding hydrogens is 500 g/mol. The van der Waals surface area contributed by atoms with E-state index in [2.05, 4.69) is 6.07 Å². The summed E-state index contributed by atoms with van der Waals surface area (Å²) in [5, 5.41) is 0.621. The Morgan fingerprint density at radius 3 is 2.00 bits per heavy atom. The van der Waals surface area contributed by atoms with Crippen molar-refractivity contribution in [3.8, 4) is 0 Å². The standard InChI is InChI=1S/C18H12Cl8/c1-8-13(17(21,22)23)14(18(24,25)26)12(16(20)15(8)19)11-7-6-9-4-2-3-5-10(9)11/h2-5,11H,6-7H2,1H3. The van der Waals surface area contributed by atoms with E-state index in [1.54, 1.807) is 6.92 Å². The Labute approximate surface area is 192 Å². The topological polar surface area (TPSA) is 0 Å². The molecule has 0 saturated heterocycles. The minimum atomic E-state index is -1.84. The van der Waals surface area contributed by atoms with Crippen LogP contribution >= 0.6 is 92.8 Å². The van der Waals surface area contributed by atoms with Crippen molar-refractivity contribution in [2.45, 2.75) is 33.3 Å². The fourth-order valence-corrected chi connectivity index (χ4v) is 5.52. The van der Waals surface area contributed by atoms with Gasteiger partial charge in [0, 0.05) is 17.0 Å². The van der Waals surface area contributed by atoms with Crippen LogP contribution in [0.15, 0.2) is 24.3 Å². The summed E-state index contributed by atoms with van der Waals surface area (Å²) in [6, 6.07) is 8.07. The summed E-state index contributed by atoms with van der Waals surface area (Å²) >= 11 is 50.8. The molecule has 0 spiro atoms. The third kappa shape index (κ3) is 3.79. The first kappa shape index (κ1) is 21.5. The van der Waals surface area contributed by atoms with Crippen molar-refractivity contribution in [1.29, 1.82) is 0 Å². The first-order valence-electron chi connectivity index (χ1n) is 7.68. The molecule has 0 aliphatic heterocycles. The molecule has 0 fully saturated rings. The number of fused-ring (bicyclic) bond motifs is 1. The summed E-state index contributed by atoms with van der Waals surface area (Å²) < 4.78 is -3.67. The number of benzene rings is 2. The summed E-state index contributed by atoms with van der Waals surface area (Å²) in [7, 11) is 0. The van der Waals surface area contributed by atoms with Crippen molar-refractivity contribution in [1.82, 2.24) is 0 Å². The van der Waals surface area contributed by atoms with Crippen molar-refractivity contribution in [2.75, 3.05) is 0 Å². The van der Waals surface area contributed by atoms with Crippen molar-refractivity contribution in [3.63, 3.8) is 0 Å². The first-order chi connectivity index (χ1) is 11.9. The Hall–Kier alpha value is 0.760. The number of alkyl halides is 6. The number of rotatable bonds is 1. The molecule has 2 aromatic carbocycles. The van der Waals surface area contributed by atoms with E-state index in [1.807, 2.05) is 18.2 Å². The highest BCUT2D eigenvalue weighted by Gasteiger charge is 2.43.